The minimum Gasteiger partial charge on any atom is -0.345 e. The molecule has 1 N–H and O–H groups in total. The number of benzene rings is 1. The van der Waals surface area contributed by atoms with Crippen LogP contribution in [0.2, 0.25) is 5.02 Å². The summed E-state index contributed by atoms with van der Waals surface area (Å²) in [5, 5.41) is 2.88. The Bertz CT molecular complexity index is 589. The summed E-state index contributed by atoms with van der Waals surface area (Å²) < 4.78 is 12.9. The number of rotatable bonds is 3. The van der Waals surface area contributed by atoms with E-state index in [1.54, 1.807) is 18.5 Å². The second-order valence-electron chi connectivity index (χ2n) is 4.11. The number of carbonyl (C=O) groups is 1. The van der Waals surface area contributed by atoms with Crippen LogP contribution in [0.15, 0.2) is 42.7 Å². The van der Waals surface area contributed by atoms with Crippen LogP contribution in [0.3, 0.4) is 0 Å². The fraction of sp³-hybridized carbons (Fsp3) is 0.143. The normalized spacial score (nSPS) is 11.9. The molecule has 1 amide bonds. The lowest BCUT2D eigenvalue weighted by Gasteiger charge is -2.14. The second kappa shape index (κ2) is 5.80. The van der Waals surface area contributed by atoms with Crippen LogP contribution >= 0.6 is 11.6 Å². The molecule has 0 spiro atoms. The Kier molecular flexibility index (Phi) is 4.12. The smallest absolute Gasteiger partial charge is 0.253 e. The summed E-state index contributed by atoms with van der Waals surface area (Å²) >= 11 is 5.84. The van der Waals surface area contributed by atoms with Gasteiger partial charge in [0.1, 0.15) is 5.82 Å². The summed E-state index contributed by atoms with van der Waals surface area (Å²) in [6.07, 6.45) is 3.34. The van der Waals surface area contributed by atoms with Crippen molar-refractivity contribution in [2.75, 3.05) is 0 Å². The zero-order chi connectivity index (χ0) is 13.8. The topological polar surface area (TPSA) is 42.0 Å². The summed E-state index contributed by atoms with van der Waals surface area (Å²) in [7, 11) is 0. The Morgan fingerprint density at radius 1 is 1.42 bits per heavy atom. The zero-order valence-electron chi connectivity index (χ0n) is 10.2. The molecule has 0 aliphatic heterocycles. The van der Waals surface area contributed by atoms with Gasteiger partial charge in [-0.3, -0.25) is 9.78 Å². The van der Waals surface area contributed by atoms with E-state index in [-0.39, 0.29) is 22.5 Å². The Hall–Kier alpha value is -1.94. The highest BCUT2D eigenvalue weighted by Crippen LogP contribution is 2.18. The summed E-state index contributed by atoms with van der Waals surface area (Å²) in [6, 6.07) is 7.14. The number of pyridine rings is 1. The van der Waals surface area contributed by atoms with Crippen LogP contribution in [-0.2, 0) is 0 Å². The number of aromatic nitrogens is 1. The minimum atomic E-state index is -0.471. The Morgan fingerprint density at radius 3 is 2.84 bits per heavy atom. The molecular formula is C14H12ClFN2O. The monoisotopic (exact) mass is 278 g/mol. The van der Waals surface area contributed by atoms with Crippen LogP contribution < -0.4 is 5.32 Å². The number of halogens is 2. The van der Waals surface area contributed by atoms with E-state index in [2.05, 4.69) is 10.3 Å². The van der Waals surface area contributed by atoms with E-state index in [0.717, 1.165) is 11.6 Å². The molecule has 19 heavy (non-hydrogen) atoms. The maximum Gasteiger partial charge on any atom is 0.253 e. The first-order valence-corrected chi connectivity index (χ1v) is 6.11. The molecule has 0 aliphatic carbocycles. The Balaban J connectivity index is 2.13. The van der Waals surface area contributed by atoms with Crippen molar-refractivity contribution < 1.29 is 9.18 Å². The number of carbonyl (C=O) groups excluding carboxylic acids is 1. The van der Waals surface area contributed by atoms with Crippen LogP contribution in [0.5, 0.6) is 0 Å². The number of hydrogen-bond donors (Lipinski definition) is 1. The molecule has 0 saturated heterocycles. The number of hydrogen-bond acceptors (Lipinski definition) is 2. The summed E-state index contributed by atoms with van der Waals surface area (Å²) in [5.74, 6) is -0.816. The van der Waals surface area contributed by atoms with Crippen molar-refractivity contribution in [2.45, 2.75) is 13.0 Å². The van der Waals surface area contributed by atoms with Crippen molar-refractivity contribution in [3.63, 3.8) is 0 Å². The van der Waals surface area contributed by atoms with Gasteiger partial charge in [-0.2, -0.15) is 0 Å². The summed E-state index contributed by atoms with van der Waals surface area (Å²) in [6.45, 7) is 1.84. The fourth-order valence-electron chi connectivity index (χ4n) is 1.66. The lowest BCUT2D eigenvalue weighted by molar-refractivity contribution is 0.0940. The first kappa shape index (κ1) is 13.5. The van der Waals surface area contributed by atoms with Crippen molar-refractivity contribution in [3.8, 4) is 0 Å². The summed E-state index contributed by atoms with van der Waals surface area (Å²) in [4.78, 5) is 16.0. The summed E-state index contributed by atoms with van der Waals surface area (Å²) in [5.41, 5.74) is 1.13. The van der Waals surface area contributed by atoms with E-state index in [9.17, 15) is 9.18 Å². The number of amides is 1. The Labute approximate surface area is 115 Å². The van der Waals surface area contributed by atoms with E-state index in [1.807, 2.05) is 13.0 Å². The molecule has 1 heterocycles. The lowest BCUT2D eigenvalue weighted by Crippen LogP contribution is -2.27. The van der Waals surface area contributed by atoms with Crippen molar-refractivity contribution in [1.82, 2.24) is 10.3 Å². The molecule has 0 radical (unpaired) electrons. The van der Waals surface area contributed by atoms with Gasteiger partial charge in [0.25, 0.3) is 5.91 Å². The van der Waals surface area contributed by atoms with Gasteiger partial charge >= 0.3 is 0 Å². The molecule has 2 rings (SSSR count). The van der Waals surface area contributed by atoms with Gasteiger partial charge in [-0.15, -0.1) is 0 Å². The van der Waals surface area contributed by atoms with Crippen LogP contribution in [0.25, 0.3) is 0 Å². The van der Waals surface area contributed by atoms with Crippen molar-refractivity contribution in [1.29, 1.82) is 0 Å². The highest BCUT2D eigenvalue weighted by atomic mass is 35.5. The molecule has 2 aromatic rings. The first-order chi connectivity index (χ1) is 9.08. The molecular weight excluding hydrogens is 267 g/mol. The number of nitrogens with zero attached hydrogens (tertiary/aromatic N) is 1. The maximum atomic E-state index is 12.9. The molecule has 0 fully saturated rings. The van der Waals surface area contributed by atoms with Crippen molar-refractivity contribution in [3.05, 3.63) is 64.7 Å². The van der Waals surface area contributed by atoms with Gasteiger partial charge in [0, 0.05) is 12.4 Å². The van der Waals surface area contributed by atoms with E-state index in [1.165, 1.54) is 12.1 Å². The van der Waals surface area contributed by atoms with E-state index in [4.69, 9.17) is 11.6 Å². The first-order valence-electron chi connectivity index (χ1n) is 5.74. The van der Waals surface area contributed by atoms with E-state index >= 15 is 0 Å². The molecule has 5 heteroatoms. The standard InChI is InChI=1S/C14H12ClFN2O/c1-9(10-3-2-6-17-8-10)18-14(19)12-5-4-11(16)7-13(12)15/h2-9H,1H3,(H,18,19)/t9-/m1/s1. The van der Waals surface area contributed by atoms with Gasteiger partial charge in [0.05, 0.1) is 16.6 Å². The lowest BCUT2D eigenvalue weighted by atomic mass is 10.1. The minimum absolute atomic E-state index is 0.0934. The van der Waals surface area contributed by atoms with Gasteiger partial charge in [-0.05, 0) is 36.8 Å². The number of nitrogens with one attached hydrogen (secondary N) is 1. The average molecular weight is 279 g/mol. The van der Waals surface area contributed by atoms with E-state index in [0.29, 0.717) is 0 Å². The van der Waals surface area contributed by atoms with E-state index < -0.39 is 5.82 Å². The molecule has 0 unspecified atom stereocenters. The van der Waals surface area contributed by atoms with Crippen LogP contribution in [0.4, 0.5) is 4.39 Å². The third-order valence-electron chi connectivity index (χ3n) is 2.71. The van der Waals surface area contributed by atoms with Gasteiger partial charge in [-0.1, -0.05) is 17.7 Å². The molecule has 0 saturated carbocycles. The largest absolute Gasteiger partial charge is 0.345 e. The quantitative estimate of drug-likeness (QED) is 0.935. The van der Waals surface area contributed by atoms with Crippen LogP contribution in [-0.4, -0.2) is 10.9 Å². The molecule has 98 valence electrons. The van der Waals surface area contributed by atoms with Gasteiger partial charge in [-0.25, -0.2) is 4.39 Å². The van der Waals surface area contributed by atoms with Gasteiger partial charge in [0.2, 0.25) is 0 Å². The zero-order valence-corrected chi connectivity index (χ0v) is 11.0. The predicted octanol–water partition coefficient (Wildman–Crippen LogP) is 3.37. The second-order valence-corrected chi connectivity index (χ2v) is 4.51. The molecule has 0 aliphatic rings. The third-order valence-corrected chi connectivity index (χ3v) is 3.02. The highest BCUT2D eigenvalue weighted by molar-refractivity contribution is 6.33. The molecule has 1 atom stereocenters. The van der Waals surface area contributed by atoms with Gasteiger partial charge < -0.3 is 5.32 Å². The van der Waals surface area contributed by atoms with Crippen molar-refractivity contribution >= 4 is 17.5 Å². The van der Waals surface area contributed by atoms with Crippen LogP contribution in [0, 0.1) is 5.82 Å². The molecule has 1 aromatic carbocycles. The third kappa shape index (κ3) is 3.29. The SMILES string of the molecule is C[C@@H](NC(=O)c1ccc(F)cc1Cl)c1cccnc1. The average Bonchev–Trinajstić information content (AvgIpc) is 2.39. The molecule has 3 nitrogen and oxygen atoms in total. The van der Waals surface area contributed by atoms with Crippen molar-refractivity contribution in [2.24, 2.45) is 0 Å². The predicted molar refractivity (Wildman–Crippen MR) is 71.5 cm³/mol. The van der Waals surface area contributed by atoms with Gasteiger partial charge in [0.15, 0.2) is 0 Å². The maximum absolute atomic E-state index is 12.9. The Morgan fingerprint density at radius 2 is 2.21 bits per heavy atom. The fourth-order valence-corrected chi connectivity index (χ4v) is 1.92. The van der Waals surface area contributed by atoms with Crippen LogP contribution in [0.1, 0.15) is 28.9 Å². The molecule has 0 bridgehead atoms. The highest BCUT2D eigenvalue weighted by Gasteiger charge is 2.14. The molecule has 1 aromatic heterocycles.